The van der Waals surface area contributed by atoms with Gasteiger partial charge in [0.15, 0.2) is 0 Å². The molecule has 2 amide bonds. The summed E-state index contributed by atoms with van der Waals surface area (Å²) in [6.07, 6.45) is 3.24. The fourth-order valence-corrected chi connectivity index (χ4v) is 5.22. The minimum absolute atomic E-state index is 0.0542. The van der Waals surface area contributed by atoms with Crippen LogP contribution in [0.4, 0.5) is 4.39 Å². The Bertz CT molecular complexity index is 1140. The number of aryl methyl sites for hydroxylation is 1. The number of rotatable bonds is 5. The van der Waals surface area contributed by atoms with Crippen LogP contribution in [0.5, 0.6) is 0 Å². The average molecular weight is 503 g/mol. The Kier molecular flexibility index (Phi) is 7.06. The summed E-state index contributed by atoms with van der Waals surface area (Å²) in [4.78, 5) is 30.5. The van der Waals surface area contributed by atoms with E-state index in [2.05, 4.69) is 16.5 Å². The maximum Gasteiger partial charge on any atom is 0.259 e. The first kappa shape index (κ1) is 25.4. The summed E-state index contributed by atoms with van der Waals surface area (Å²) >= 11 is 6.24. The van der Waals surface area contributed by atoms with Crippen molar-refractivity contribution in [1.29, 1.82) is 0 Å². The average Bonchev–Trinajstić information content (AvgIpc) is 3.30. The quantitative estimate of drug-likeness (QED) is 0.594. The van der Waals surface area contributed by atoms with Gasteiger partial charge in [0.2, 0.25) is 5.91 Å². The predicted octanol–water partition coefficient (Wildman–Crippen LogP) is 4.80. The number of nitrogens with one attached hydrogen (secondary N) is 1. The largest absolute Gasteiger partial charge is 0.360 e. The standard InChI is InChI=1S/C26H32ClFN4O3/c1-15(2)9-12-32-25(34)22(16(3)4)29-26(32)10-13-31(14-11-26)24(33)20-17(5)35-30-23(20)21-18(27)7-6-8-19(21)28/h6-9,16,22,29H,10-14H2,1-5H3. The Morgan fingerprint density at radius 3 is 2.63 bits per heavy atom. The number of carbonyl (C=O) groups is 2. The molecule has 1 atom stereocenters. The summed E-state index contributed by atoms with van der Waals surface area (Å²) in [5, 5.41) is 7.73. The number of nitrogens with zero attached hydrogens (tertiary/aromatic N) is 3. The zero-order chi connectivity index (χ0) is 25.5. The maximum atomic E-state index is 14.6. The van der Waals surface area contributed by atoms with Gasteiger partial charge in [0.1, 0.15) is 22.8 Å². The Hall–Kier alpha value is -2.71. The van der Waals surface area contributed by atoms with E-state index < -0.39 is 11.5 Å². The highest BCUT2D eigenvalue weighted by molar-refractivity contribution is 6.33. The molecule has 2 fully saturated rings. The monoisotopic (exact) mass is 502 g/mol. The lowest BCUT2D eigenvalue weighted by atomic mass is 9.94. The van der Waals surface area contributed by atoms with Crippen molar-refractivity contribution in [2.45, 2.75) is 59.2 Å². The molecule has 2 aromatic rings. The molecule has 0 aliphatic carbocycles. The second kappa shape index (κ2) is 9.74. The van der Waals surface area contributed by atoms with Crippen LogP contribution < -0.4 is 5.32 Å². The van der Waals surface area contributed by atoms with Gasteiger partial charge < -0.3 is 14.3 Å². The Labute approximate surface area is 210 Å². The molecule has 9 heteroatoms. The molecule has 1 aromatic carbocycles. The molecular formula is C26H32ClFN4O3. The number of hydrogen-bond donors (Lipinski definition) is 1. The molecule has 2 saturated heterocycles. The normalized spacial score (nSPS) is 19.7. The smallest absolute Gasteiger partial charge is 0.259 e. The predicted molar refractivity (Wildman–Crippen MR) is 132 cm³/mol. The molecule has 2 aliphatic heterocycles. The van der Waals surface area contributed by atoms with Crippen molar-refractivity contribution in [3.05, 3.63) is 52.0 Å². The number of halogens is 2. The van der Waals surface area contributed by atoms with Gasteiger partial charge in [-0.05, 0) is 38.8 Å². The summed E-state index contributed by atoms with van der Waals surface area (Å²) < 4.78 is 19.9. The molecule has 0 saturated carbocycles. The van der Waals surface area contributed by atoms with Crippen LogP contribution in [0.25, 0.3) is 11.3 Å². The van der Waals surface area contributed by atoms with Crippen LogP contribution in [-0.4, -0.2) is 58.1 Å². The zero-order valence-corrected chi connectivity index (χ0v) is 21.6. The van der Waals surface area contributed by atoms with Crippen LogP contribution in [-0.2, 0) is 4.79 Å². The minimum atomic E-state index is -0.569. The molecule has 7 nitrogen and oxygen atoms in total. The molecule has 0 bridgehead atoms. The molecular weight excluding hydrogens is 471 g/mol. The molecule has 4 rings (SSSR count). The molecule has 35 heavy (non-hydrogen) atoms. The van der Waals surface area contributed by atoms with Crippen molar-refractivity contribution < 1.29 is 18.5 Å². The van der Waals surface area contributed by atoms with E-state index in [1.807, 2.05) is 32.6 Å². The third kappa shape index (κ3) is 4.61. The first-order chi connectivity index (χ1) is 16.6. The fraction of sp³-hybridized carbons (Fsp3) is 0.500. The van der Waals surface area contributed by atoms with Gasteiger partial charge in [-0.25, -0.2) is 4.39 Å². The van der Waals surface area contributed by atoms with E-state index in [0.717, 1.165) is 5.57 Å². The SMILES string of the molecule is CC(C)=CCN1C(=O)C(C(C)C)NC12CCN(C(=O)c1c(-c3c(F)cccc3Cl)noc1C)CC2. The summed E-state index contributed by atoms with van der Waals surface area (Å²) in [5.74, 6) is -0.287. The van der Waals surface area contributed by atoms with Gasteiger partial charge in [0.25, 0.3) is 5.91 Å². The van der Waals surface area contributed by atoms with Gasteiger partial charge in [-0.2, -0.15) is 0 Å². The number of allylic oxidation sites excluding steroid dienone is 1. The third-order valence-corrected chi connectivity index (χ3v) is 7.29. The van der Waals surface area contributed by atoms with Gasteiger partial charge >= 0.3 is 0 Å². The van der Waals surface area contributed by atoms with Gasteiger partial charge in [0.05, 0.1) is 22.3 Å². The summed E-state index contributed by atoms with van der Waals surface area (Å²) in [7, 11) is 0. The number of benzene rings is 1. The molecule has 2 aliphatic rings. The molecule has 3 heterocycles. The highest BCUT2D eigenvalue weighted by Crippen LogP contribution is 2.37. The van der Waals surface area contributed by atoms with Crippen molar-refractivity contribution >= 4 is 23.4 Å². The first-order valence-corrected chi connectivity index (χ1v) is 12.4. The van der Waals surface area contributed by atoms with Crippen LogP contribution in [0.1, 0.15) is 56.7 Å². The summed E-state index contributed by atoms with van der Waals surface area (Å²) in [6, 6.07) is 4.08. The van der Waals surface area contributed by atoms with Crippen LogP contribution >= 0.6 is 11.6 Å². The second-order valence-electron chi connectivity index (χ2n) is 9.98. The molecule has 1 spiro atoms. The van der Waals surface area contributed by atoms with Gasteiger partial charge in [-0.15, -0.1) is 0 Å². The van der Waals surface area contributed by atoms with Crippen LogP contribution in [0.15, 0.2) is 34.4 Å². The van der Waals surface area contributed by atoms with E-state index in [-0.39, 0.29) is 45.6 Å². The van der Waals surface area contributed by atoms with Crippen LogP contribution in [0.2, 0.25) is 5.02 Å². The lowest BCUT2D eigenvalue weighted by Crippen LogP contribution is -2.59. The van der Waals surface area contributed by atoms with Crippen molar-refractivity contribution in [3.63, 3.8) is 0 Å². The number of amides is 2. The Balaban J connectivity index is 1.58. The van der Waals surface area contributed by atoms with Gasteiger partial charge in [0, 0.05) is 32.5 Å². The Morgan fingerprint density at radius 2 is 2.03 bits per heavy atom. The van der Waals surface area contributed by atoms with E-state index in [0.29, 0.717) is 38.2 Å². The summed E-state index contributed by atoms with van der Waals surface area (Å²) in [6.45, 7) is 11.1. The molecule has 1 aromatic heterocycles. The second-order valence-corrected chi connectivity index (χ2v) is 10.4. The number of carbonyl (C=O) groups excluding carboxylic acids is 2. The maximum absolute atomic E-state index is 14.6. The van der Waals surface area contributed by atoms with Crippen LogP contribution in [0.3, 0.4) is 0 Å². The van der Waals surface area contributed by atoms with E-state index in [4.69, 9.17) is 16.1 Å². The van der Waals surface area contributed by atoms with E-state index >= 15 is 0 Å². The van der Waals surface area contributed by atoms with Crippen LogP contribution in [0, 0.1) is 18.7 Å². The van der Waals surface area contributed by atoms with Crippen molar-refractivity contribution in [1.82, 2.24) is 20.3 Å². The first-order valence-electron chi connectivity index (χ1n) is 12.0. The van der Waals surface area contributed by atoms with E-state index in [1.54, 1.807) is 17.9 Å². The molecule has 188 valence electrons. The molecule has 0 radical (unpaired) electrons. The lowest BCUT2D eigenvalue weighted by molar-refractivity contribution is -0.133. The summed E-state index contributed by atoms with van der Waals surface area (Å²) in [5.41, 5.74) is 1.02. The van der Waals surface area contributed by atoms with Crippen molar-refractivity contribution in [3.8, 4) is 11.3 Å². The number of hydrogen-bond acceptors (Lipinski definition) is 5. The number of aromatic nitrogens is 1. The third-order valence-electron chi connectivity index (χ3n) is 6.98. The number of likely N-dealkylation sites (tertiary alicyclic amines) is 1. The Morgan fingerprint density at radius 1 is 1.34 bits per heavy atom. The lowest BCUT2D eigenvalue weighted by Gasteiger charge is -2.44. The van der Waals surface area contributed by atoms with Crippen molar-refractivity contribution in [2.75, 3.05) is 19.6 Å². The zero-order valence-electron chi connectivity index (χ0n) is 20.8. The molecule has 1 N–H and O–H groups in total. The fourth-order valence-electron chi connectivity index (χ4n) is 4.97. The topological polar surface area (TPSA) is 78.7 Å². The molecule has 1 unspecified atom stereocenters. The van der Waals surface area contributed by atoms with Gasteiger partial charge in [-0.1, -0.05) is 48.3 Å². The van der Waals surface area contributed by atoms with Gasteiger partial charge in [-0.3, -0.25) is 14.9 Å². The highest BCUT2D eigenvalue weighted by atomic mass is 35.5. The van der Waals surface area contributed by atoms with Crippen molar-refractivity contribution in [2.24, 2.45) is 5.92 Å². The van der Waals surface area contributed by atoms with E-state index in [9.17, 15) is 14.0 Å². The highest BCUT2D eigenvalue weighted by Gasteiger charge is 2.52. The number of piperidine rings is 1. The van der Waals surface area contributed by atoms with E-state index in [1.165, 1.54) is 12.1 Å². The minimum Gasteiger partial charge on any atom is -0.360 e.